The average Bonchev–Trinajstić information content (AvgIpc) is 2.48. The molecule has 1 aromatic carbocycles. The van der Waals surface area contributed by atoms with Crippen LogP contribution in [0.4, 0.5) is 16.2 Å². The zero-order valence-corrected chi connectivity index (χ0v) is 16.0. The molecule has 0 aliphatic heterocycles. The summed E-state index contributed by atoms with van der Waals surface area (Å²) in [4.78, 5) is 40.2. The van der Waals surface area contributed by atoms with Gasteiger partial charge < -0.3 is 10.1 Å². The van der Waals surface area contributed by atoms with Gasteiger partial charge in [-0.25, -0.2) is 14.4 Å². The number of isocyanates is 1. The molecule has 26 heavy (non-hydrogen) atoms. The van der Waals surface area contributed by atoms with E-state index in [1.807, 2.05) is 20.8 Å². The van der Waals surface area contributed by atoms with E-state index < -0.39 is 23.8 Å². The van der Waals surface area contributed by atoms with Crippen molar-refractivity contribution in [2.75, 3.05) is 4.90 Å². The van der Waals surface area contributed by atoms with Crippen LogP contribution in [-0.4, -0.2) is 29.8 Å². The normalized spacial score (nSPS) is 11.8. The summed E-state index contributed by atoms with van der Waals surface area (Å²) in [6.07, 6.45) is 0.589. The maximum atomic E-state index is 12.8. The molecule has 0 aliphatic rings. The number of benzene rings is 1. The van der Waals surface area contributed by atoms with Crippen LogP contribution >= 0.6 is 0 Å². The minimum absolute atomic E-state index is 0.225. The van der Waals surface area contributed by atoms with Crippen molar-refractivity contribution in [3.63, 3.8) is 0 Å². The number of aryl methyl sites for hydroxylation is 1. The van der Waals surface area contributed by atoms with Gasteiger partial charge >= 0.3 is 12.0 Å². The van der Waals surface area contributed by atoms with Gasteiger partial charge in [-0.15, -0.1) is 0 Å². The van der Waals surface area contributed by atoms with E-state index in [0.717, 1.165) is 5.56 Å². The van der Waals surface area contributed by atoms with Crippen LogP contribution in [0.25, 0.3) is 0 Å². The molecule has 0 bridgehead atoms. The fraction of sp³-hybridized carbons (Fsp3) is 0.421. The molecule has 0 fully saturated rings. The Morgan fingerprint density at radius 1 is 1.35 bits per heavy atom. The van der Waals surface area contributed by atoms with Crippen LogP contribution in [0.15, 0.2) is 35.3 Å². The van der Waals surface area contributed by atoms with Crippen LogP contribution in [0.2, 0.25) is 0 Å². The SMILES string of the molecule is C=C(C)C(=O)OC(C)N(C(=O)NC(C)(C)C)c1ccc(C)c(N=C=O)c1. The number of urea groups is 1. The first-order valence-electron chi connectivity index (χ1n) is 8.12. The quantitative estimate of drug-likeness (QED) is 0.285. The van der Waals surface area contributed by atoms with Crippen LogP contribution in [-0.2, 0) is 14.3 Å². The summed E-state index contributed by atoms with van der Waals surface area (Å²) in [6.45, 7) is 13.9. The van der Waals surface area contributed by atoms with Gasteiger partial charge in [0.15, 0.2) is 6.23 Å². The lowest BCUT2D eigenvalue weighted by Gasteiger charge is -2.32. The topological polar surface area (TPSA) is 88.1 Å². The number of aliphatic imine (C=N–C) groups is 1. The molecule has 7 heteroatoms. The van der Waals surface area contributed by atoms with E-state index in [0.29, 0.717) is 11.4 Å². The number of carbonyl (C=O) groups is 2. The number of hydrogen-bond acceptors (Lipinski definition) is 5. The van der Waals surface area contributed by atoms with Gasteiger partial charge in [0.05, 0.1) is 11.4 Å². The number of rotatable bonds is 5. The summed E-state index contributed by atoms with van der Waals surface area (Å²) in [5, 5.41) is 2.83. The van der Waals surface area contributed by atoms with Gasteiger partial charge in [0.2, 0.25) is 6.08 Å². The van der Waals surface area contributed by atoms with Crippen molar-refractivity contribution in [3.05, 3.63) is 35.9 Å². The van der Waals surface area contributed by atoms with Gasteiger partial charge in [-0.3, -0.25) is 4.90 Å². The van der Waals surface area contributed by atoms with E-state index in [1.54, 1.807) is 32.0 Å². The Balaban J connectivity index is 3.33. The zero-order chi connectivity index (χ0) is 20.1. The van der Waals surface area contributed by atoms with Crippen LogP contribution < -0.4 is 10.2 Å². The summed E-state index contributed by atoms with van der Waals surface area (Å²) in [6, 6.07) is 4.51. The van der Waals surface area contributed by atoms with E-state index in [1.165, 1.54) is 17.9 Å². The molecule has 0 spiro atoms. The molecule has 1 atom stereocenters. The van der Waals surface area contributed by atoms with Crippen LogP contribution in [0.5, 0.6) is 0 Å². The number of carbonyl (C=O) groups excluding carboxylic acids is 3. The maximum Gasteiger partial charge on any atom is 0.335 e. The maximum absolute atomic E-state index is 12.8. The van der Waals surface area contributed by atoms with E-state index in [-0.39, 0.29) is 5.57 Å². The van der Waals surface area contributed by atoms with E-state index >= 15 is 0 Å². The molecule has 1 aromatic rings. The minimum Gasteiger partial charge on any atom is -0.438 e. The highest BCUT2D eigenvalue weighted by Gasteiger charge is 2.28. The Kier molecular flexibility index (Phi) is 6.86. The highest BCUT2D eigenvalue weighted by molar-refractivity contribution is 5.94. The molecule has 1 unspecified atom stereocenters. The standard InChI is InChI=1S/C19H25N3O4/c1-12(2)17(24)26-14(4)22(18(25)21-19(5,6)7)15-9-8-13(3)16(10-15)20-11-23/h8-10,14H,1H2,2-7H3,(H,21,25). The molecule has 0 heterocycles. The predicted octanol–water partition coefficient (Wildman–Crippen LogP) is 3.74. The van der Waals surface area contributed by atoms with Gasteiger partial charge in [-0.05, 0) is 59.2 Å². The third-order valence-corrected chi connectivity index (χ3v) is 3.33. The monoisotopic (exact) mass is 359 g/mol. The Morgan fingerprint density at radius 3 is 2.46 bits per heavy atom. The summed E-state index contributed by atoms with van der Waals surface area (Å²) in [5.74, 6) is -0.607. The second kappa shape index (κ2) is 8.45. The fourth-order valence-electron chi connectivity index (χ4n) is 2.10. The van der Waals surface area contributed by atoms with Crippen molar-refractivity contribution in [2.45, 2.75) is 53.3 Å². The molecule has 0 aromatic heterocycles. The van der Waals surface area contributed by atoms with Crippen molar-refractivity contribution >= 4 is 29.5 Å². The van der Waals surface area contributed by atoms with Gasteiger partial charge in [-0.1, -0.05) is 12.6 Å². The number of anilines is 1. The molecular weight excluding hydrogens is 334 g/mol. The van der Waals surface area contributed by atoms with Crippen LogP contribution in [0.3, 0.4) is 0 Å². The third-order valence-electron chi connectivity index (χ3n) is 3.33. The van der Waals surface area contributed by atoms with Crippen molar-refractivity contribution in [1.82, 2.24) is 5.32 Å². The molecule has 1 rings (SSSR count). The zero-order valence-electron chi connectivity index (χ0n) is 16.0. The van der Waals surface area contributed by atoms with Gasteiger partial charge in [0.25, 0.3) is 0 Å². The molecule has 140 valence electrons. The predicted molar refractivity (Wildman–Crippen MR) is 100 cm³/mol. The first kappa shape index (κ1) is 21.1. The van der Waals surface area contributed by atoms with Gasteiger partial charge in [0, 0.05) is 11.1 Å². The molecule has 1 N–H and O–H groups in total. The molecule has 7 nitrogen and oxygen atoms in total. The Labute approximate surface area is 153 Å². The average molecular weight is 359 g/mol. The fourth-order valence-corrected chi connectivity index (χ4v) is 2.10. The highest BCUT2D eigenvalue weighted by Crippen LogP contribution is 2.27. The first-order chi connectivity index (χ1) is 12.0. The lowest BCUT2D eigenvalue weighted by molar-refractivity contribution is -0.142. The van der Waals surface area contributed by atoms with E-state index in [9.17, 15) is 14.4 Å². The number of esters is 1. The number of hydrogen-bond donors (Lipinski definition) is 1. The van der Waals surface area contributed by atoms with Crippen molar-refractivity contribution in [2.24, 2.45) is 4.99 Å². The number of nitrogens with one attached hydrogen (secondary N) is 1. The van der Waals surface area contributed by atoms with Crippen molar-refractivity contribution in [1.29, 1.82) is 0 Å². The summed E-state index contributed by atoms with van der Waals surface area (Å²) in [5.41, 5.74) is 1.28. The molecular formula is C19H25N3O4. The largest absolute Gasteiger partial charge is 0.438 e. The molecule has 2 amide bonds. The number of nitrogens with zero attached hydrogens (tertiary/aromatic N) is 2. The lowest BCUT2D eigenvalue weighted by Crippen LogP contribution is -2.52. The molecule has 0 saturated heterocycles. The van der Waals surface area contributed by atoms with Crippen LogP contribution in [0.1, 0.15) is 40.2 Å². The van der Waals surface area contributed by atoms with Gasteiger partial charge in [-0.2, -0.15) is 4.99 Å². The molecule has 0 aliphatic carbocycles. The Morgan fingerprint density at radius 2 is 1.96 bits per heavy atom. The van der Waals surface area contributed by atoms with Gasteiger partial charge in [0.1, 0.15) is 0 Å². The van der Waals surface area contributed by atoms with Crippen molar-refractivity contribution < 1.29 is 19.1 Å². The smallest absolute Gasteiger partial charge is 0.335 e. The van der Waals surface area contributed by atoms with E-state index in [4.69, 9.17) is 4.74 Å². The summed E-state index contributed by atoms with van der Waals surface area (Å²) in [7, 11) is 0. The minimum atomic E-state index is -0.905. The Bertz CT molecular complexity index is 759. The highest BCUT2D eigenvalue weighted by atomic mass is 16.6. The van der Waals surface area contributed by atoms with Crippen LogP contribution in [0, 0.1) is 6.92 Å². The molecule has 0 radical (unpaired) electrons. The second-order valence-corrected chi connectivity index (χ2v) is 7.01. The Hall–Kier alpha value is -2.92. The summed E-state index contributed by atoms with van der Waals surface area (Å²) >= 11 is 0. The van der Waals surface area contributed by atoms with Crippen molar-refractivity contribution in [3.8, 4) is 0 Å². The third kappa shape index (κ3) is 5.86. The second-order valence-electron chi connectivity index (χ2n) is 7.01. The first-order valence-corrected chi connectivity index (χ1v) is 8.12. The number of amides is 2. The summed E-state index contributed by atoms with van der Waals surface area (Å²) < 4.78 is 5.31. The number of ether oxygens (including phenoxy) is 1. The van der Waals surface area contributed by atoms with E-state index in [2.05, 4.69) is 16.9 Å². The molecule has 0 saturated carbocycles. The lowest BCUT2D eigenvalue weighted by atomic mass is 10.1.